The van der Waals surface area contributed by atoms with E-state index in [4.69, 9.17) is 4.74 Å². The maximum atomic E-state index is 11.7. The van der Waals surface area contributed by atoms with Gasteiger partial charge in [0.05, 0.1) is 12.2 Å². The van der Waals surface area contributed by atoms with Crippen molar-refractivity contribution in [3.63, 3.8) is 0 Å². The van der Waals surface area contributed by atoms with Gasteiger partial charge in [-0.15, -0.1) is 0 Å². The average molecular weight is 279 g/mol. The number of phenols is 1. The molecular formula is C15H21NO4. The molecule has 0 bridgehead atoms. The summed E-state index contributed by atoms with van der Waals surface area (Å²) >= 11 is 0. The number of aromatic hydroxyl groups is 1. The minimum Gasteiger partial charge on any atom is -0.508 e. The maximum Gasteiger partial charge on any atom is 0.325 e. The van der Waals surface area contributed by atoms with Crippen molar-refractivity contribution >= 4 is 5.97 Å². The molecule has 5 heteroatoms. The van der Waals surface area contributed by atoms with E-state index in [0.717, 1.165) is 5.56 Å². The molecule has 1 aromatic carbocycles. The van der Waals surface area contributed by atoms with Gasteiger partial charge in [-0.25, -0.2) is 0 Å². The van der Waals surface area contributed by atoms with Crippen molar-refractivity contribution < 1.29 is 19.7 Å². The van der Waals surface area contributed by atoms with Gasteiger partial charge in [-0.1, -0.05) is 17.7 Å². The van der Waals surface area contributed by atoms with Crippen LogP contribution < -0.4 is 0 Å². The monoisotopic (exact) mass is 279 g/mol. The molecule has 1 aromatic rings. The van der Waals surface area contributed by atoms with Gasteiger partial charge in [0.1, 0.15) is 11.8 Å². The second-order valence-corrected chi connectivity index (χ2v) is 5.51. The highest BCUT2D eigenvalue weighted by Crippen LogP contribution is 2.31. The number of rotatable bonds is 3. The number of carboxylic acids is 1. The number of ether oxygens (including phenoxy) is 1. The van der Waals surface area contributed by atoms with E-state index in [0.29, 0.717) is 18.7 Å². The summed E-state index contributed by atoms with van der Waals surface area (Å²) in [7, 11) is 0. The Hall–Kier alpha value is -1.59. The van der Waals surface area contributed by atoms with E-state index < -0.39 is 12.0 Å². The first-order valence-corrected chi connectivity index (χ1v) is 6.80. The minimum absolute atomic E-state index is 0.0208. The van der Waals surface area contributed by atoms with Crippen molar-refractivity contribution in [2.45, 2.75) is 39.0 Å². The zero-order chi connectivity index (χ0) is 14.9. The van der Waals surface area contributed by atoms with Crippen LogP contribution >= 0.6 is 0 Å². The third kappa shape index (κ3) is 3.11. The van der Waals surface area contributed by atoms with Gasteiger partial charge in [0.25, 0.3) is 0 Å². The van der Waals surface area contributed by atoms with Crippen LogP contribution in [-0.2, 0) is 9.53 Å². The van der Waals surface area contributed by atoms with Crippen LogP contribution in [0.3, 0.4) is 0 Å². The van der Waals surface area contributed by atoms with E-state index in [2.05, 4.69) is 0 Å². The Balaban J connectivity index is 2.36. The molecule has 2 rings (SSSR count). The molecule has 20 heavy (non-hydrogen) atoms. The van der Waals surface area contributed by atoms with Gasteiger partial charge in [0, 0.05) is 18.7 Å². The number of hydrogen-bond acceptors (Lipinski definition) is 4. The molecule has 5 nitrogen and oxygen atoms in total. The summed E-state index contributed by atoms with van der Waals surface area (Å²) in [5.74, 6) is -0.929. The summed E-state index contributed by atoms with van der Waals surface area (Å²) in [5.41, 5.74) is 1.37. The van der Waals surface area contributed by atoms with E-state index >= 15 is 0 Å². The highest BCUT2D eigenvalue weighted by Gasteiger charge is 2.34. The quantitative estimate of drug-likeness (QED) is 0.885. The number of carboxylic acid groups (broad SMARTS) is 1. The van der Waals surface area contributed by atoms with Crippen molar-refractivity contribution in [3.05, 3.63) is 29.3 Å². The van der Waals surface area contributed by atoms with E-state index in [9.17, 15) is 15.0 Å². The number of phenolic OH excluding ortho intramolecular Hbond substituents is 1. The molecule has 1 saturated heterocycles. The summed E-state index contributed by atoms with van der Waals surface area (Å²) in [6, 6.07) is 4.21. The van der Waals surface area contributed by atoms with Gasteiger partial charge in [-0.05, 0) is 26.8 Å². The van der Waals surface area contributed by atoms with E-state index in [1.165, 1.54) is 0 Å². The molecule has 0 aromatic heterocycles. The molecule has 0 spiro atoms. The van der Waals surface area contributed by atoms with Crippen LogP contribution in [0.5, 0.6) is 5.75 Å². The fourth-order valence-corrected chi connectivity index (χ4v) is 2.81. The van der Waals surface area contributed by atoms with Gasteiger partial charge < -0.3 is 14.9 Å². The van der Waals surface area contributed by atoms with Crippen molar-refractivity contribution in [3.8, 4) is 5.75 Å². The zero-order valence-electron chi connectivity index (χ0n) is 12.0. The lowest BCUT2D eigenvalue weighted by molar-refractivity contribution is -0.149. The molecule has 0 amide bonds. The first kappa shape index (κ1) is 14.8. The largest absolute Gasteiger partial charge is 0.508 e. The molecule has 2 N–H and O–H groups in total. The molecule has 3 atom stereocenters. The number of aliphatic carboxylic acids is 1. The SMILES string of the molecule is Cc1ccc(O)c(C(C(=O)O)N2CC(C)OC(C)C2)c1. The Morgan fingerprint density at radius 3 is 2.50 bits per heavy atom. The summed E-state index contributed by atoms with van der Waals surface area (Å²) in [6.45, 7) is 6.81. The molecule has 0 saturated carbocycles. The smallest absolute Gasteiger partial charge is 0.325 e. The lowest BCUT2D eigenvalue weighted by Crippen LogP contribution is -2.48. The standard InChI is InChI=1S/C15H21NO4/c1-9-4-5-13(17)12(6-9)14(15(18)19)16-7-10(2)20-11(3)8-16/h4-6,10-11,14,17H,7-8H2,1-3H3,(H,18,19). The highest BCUT2D eigenvalue weighted by molar-refractivity contribution is 5.76. The Morgan fingerprint density at radius 2 is 1.95 bits per heavy atom. The van der Waals surface area contributed by atoms with Gasteiger partial charge in [0.2, 0.25) is 0 Å². The molecule has 1 aliphatic heterocycles. The van der Waals surface area contributed by atoms with E-state index in [-0.39, 0.29) is 18.0 Å². The van der Waals surface area contributed by atoms with E-state index in [1.54, 1.807) is 18.2 Å². The predicted molar refractivity (Wildman–Crippen MR) is 74.8 cm³/mol. The highest BCUT2D eigenvalue weighted by atomic mass is 16.5. The van der Waals surface area contributed by atoms with Crippen molar-refractivity contribution in [2.24, 2.45) is 0 Å². The average Bonchev–Trinajstić information content (AvgIpc) is 2.32. The van der Waals surface area contributed by atoms with Crippen LogP contribution in [0.1, 0.15) is 31.0 Å². The third-order valence-corrected chi connectivity index (χ3v) is 3.52. The van der Waals surface area contributed by atoms with Crippen LogP contribution in [0.15, 0.2) is 18.2 Å². The van der Waals surface area contributed by atoms with Crippen LogP contribution in [0.25, 0.3) is 0 Å². The molecule has 110 valence electrons. The molecule has 3 unspecified atom stereocenters. The fraction of sp³-hybridized carbons (Fsp3) is 0.533. The summed E-state index contributed by atoms with van der Waals surface area (Å²) in [4.78, 5) is 13.5. The number of hydrogen-bond donors (Lipinski definition) is 2. The summed E-state index contributed by atoms with van der Waals surface area (Å²) in [6.07, 6.45) is -0.0416. The second-order valence-electron chi connectivity index (χ2n) is 5.51. The van der Waals surface area contributed by atoms with E-state index in [1.807, 2.05) is 25.7 Å². The first-order valence-electron chi connectivity index (χ1n) is 6.80. The molecule has 1 aliphatic rings. The first-order chi connectivity index (χ1) is 9.38. The van der Waals surface area contributed by atoms with Crippen molar-refractivity contribution in [1.82, 2.24) is 4.90 Å². The minimum atomic E-state index is -0.952. The van der Waals surface area contributed by atoms with Crippen LogP contribution in [-0.4, -0.2) is 46.4 Å². The van der Waals surface area contributed by atoms with Crippen LogP contribution in [0, 0.1) is 6.92 Å². The van der Waals surface area contributed by atoms with Crippen LogP contribution in [0.4, 0.5) is 0 Å². The molecule has 0 radical (unpaired) electrons. The number of aryl methyl sites for hydroxylation is 1. The Bertz CT molecular complexity index is 493. The molecular weight excluding hydrogens is 258 g/mol. The maximum absolute atomic E-state index is 11.7. The normalized spacial score (nSPS) is 25.4. The van der Waals surface area contributed by atoms with Crippen molar-refractivity contribution in [1.29, 1.82) is 0 Å². The number of nitrogens with zero attached hydrogens (tertiary/aromatic N) is 1. The fourth-order valence-electron chi connectivity index (χ4n) is 2.81. The lowest BCUT2D eigenvalue weighted by atomic mass is 10.00. The van der Waals surface area contributed by atoms with Crippen molar-refractivity contribution in [2.75, 3.05) is 13.1 Å². The van der Waals surface area contributed by atoms with Gasteiger partial charge in [0.15, 0.2) is 0 Å². The topological polar surface area (TPSA) is 70.0 Å². The van der Waals surface area contributed by atoms with Gasteiger partial charge >= 0.3 is 5.97 Å². The Morgan fingerprint density at radius 1 is 1.35 bits per heavy atom. The Labute approximate surface area is 118 Å². The Kier molecular flexibility index (Phi) is 4.30. The predicted octanol–water partition coefficient (Wildman–Crippen LogP) is 1.94. The summed E-state index contributed by atoms with van der Waals surface area (Å²) in [5, 5.41) is 19.6. The zero-order valence-corrected chi connectivity index (χ0v) is 12.0. The van der Waals surface area contributed by atoms with Gasteiger partial charge in [-0.2, -0.15) is 0 Å². The molecule has 1 heterocycles. The molecule has 0 aliphatic carbocycles. The number of morpholine rings is 1. The summed E-state index contributed by atoms with van der Waals surface area (Å²) < 4.78 is 5.64. The third-order valence-electron chi connectivity index (χ3n) is 3.52. The second kappa shape index (κ2) is 5.81. The molecule has 1 fully saturated rings. The number of benzene rings is 1. The number of carbonyl (C=O) groups is 1. The van der Waals surface area contributed by atoms with Gasteiger partial charge in [-0.3, -0.25) is 9.69 Å². The van der Waals surface area contributed by atoms with Crippen LogP contribution in [0.2, 0.25) is 0 Å². The lowest BCUT2D eigenvalue weighted by Gasteiger charge is -2.38.